The minimum absolute atomic E-state index is 0.192. The van der Waals surface area contributed by atoms with Crippen LogP contribution in [0.2, 0.25) is 0 Å². The number of para-hydroxylation sites is 2. The molecule has 1 atom stereocenters. The third kappa shape index (κ3) is 2.32. The predicted octanol–water partition coefficient (Wildman–Crippen LogP) is 2.32. The predicted molar refractivity (Wildman–Crippen MR) is 79.4 cm³/mol. The van der Waals surface area contributed by atoms with Crippen molar-refractivity contribution < 1.29 is 0 Å². The van der Waals surface area contributed by atoms with Crippen molar-refractivity contribution in [3.05, 3.63) is 24.3 Å². The summed E-state index contributed by atoms with van der Waals surface area (Å²) in [6.45, 7) is 9.61. The van der Waals surface area contributed by atoms with Crippen molar-refractivity contribution in [2.24, 2.45) is 11.1 Å². The lowest BCUT2D eigenvalue weighted by Crippen LogP contribution is -2.53. The van der Waals surface area contributed by atoms with E-state index >= 15 is 0 Å². The number of nitrogens with zero attached hydrogens (tertiary/aromatic N) is 2. The number of benzene rings is 1. The van der Waals surface area contributed by atoms with Gasteiger partial charge in [-0.05, 0) is 17.5 Å². The number of anilines is 2. The van der Waals surface area contributed by atoms with Gasteiger partial charge < -0.3 is 15.5 Å². The Bertz CT molecular complexity index is 408. The third-order valence-corrected chi connectivity index (χ3v) is 3.88. The van der Waals surface area contributed by atoms with Crippen LogP contribution in [0.15, 0.2) is 24.3 Å². The SMILES string of the molecule is CN1CCN(C(CN)C(C)(C)C)c2ccccc21. The van der Waals surface area contributed by atoms with Crippen molar-refractivity contribution >= 4 is 11.4 Å². The van der Waals surface area contributed by atoms with Gasteiger partial charge in [0.25, 0.3) is 0 Å². The molecule has 1 aliphatic rings. The van der Waals surface area contributed by atoms with Gasteiger partial charge in [0, 0.05) is 32.7 Å². The summed E-state index contributed by atoms with van der Waals surface area (Å²) < 4.78 is 0. The zero-order valence-corrected chi connectivity index (χ0v) is 12.0. The highest BCUT2D eigenvalue weighted by molar-refractivity contribution is 5.73. The topological polar surface area (TPSA) is 32.5 Å². The number of likely N-dealkylation sites (N-methyl/N-ethyl adjacent to an activating group) is 1. The maximum absolute atomic E-state index is 6.03. The molecular formula is C15H25N3. The van der Waals surface area contributed by atoms with Gasteiger partial charge in [0.05, 0.1) is 11.4 Å². The monoisotopic (exact) mass is 247 g/mol. The number of rotatable bonds is 2. The number of hydrogen-bond donors (Lipinski definition) is 1. The Hall–Kier alpha value is -1.22. The van der Waals surface area contributed by atoms with Crippen LogP contribution < -0.4 is 15.5 Å². The van der Waals surface area contributed by atoms with E-state index in [1.165, 1.54) is 11.4 Å². The Morgan fingerprint density at radius 2 is 1.78 bits per heavy atom. The van der Waals surface area contributed by atoms with Crippen molar-refractivity contribution in [2.45, 2.75) is 26.8 Å². The van der Waals surface area contributed by atoms with Gasteiger partial charge in [-0.1, -0.05) is 32.9 Å². The average molecular weight is 247 g/mol. The van der Waals surface area contributed by atoms with E-state index in [1.54, 1.807) is 0 Å². The van der Waals surface area contributed by atoms with E-state index in [0.717, 1.165) is 13.1 Å². The summed E-state index contributed by atoms with van der Waals surface area (Å²) in [5, 5.41) is 0. The first-order valence-corrected chi connectivity index (χ1v) is 6.72. The molecule has 1 unspecified atom stereocenters. The van der Waals surface area contributed by atoms with Crippen LogP contribution in [-0.4, -0.2) is 32.7 Å². The molecule has 3 heteroatoms. The van der Waals surface area contributed by atoms with Gasteiger partial charge in [-0.15, -0.1) is 0 Å². The van der Waals surface area contributed by atoms with Crippen molar-refractivity contribution in [1.82, 2.24) is 0 Å². The zero-order valence-electron chi connectivity index (χ0n) is 12.0. The standard InChI is InChI=1S/C15H25N3/c1-15(2,3)14(11-16)18-10-9-17(4)12-7-5-6-8-13(12)18/h5-8,14H,9-11,16H2,1-4H3. The fraction of sp³-hybridized carbons (Fsp3) is 0.600. The summed E-state index contributed by atoms with van der Waals surface area (Å²) in [5.41, 5.74) is 8.85. The van der Waals surface area contributed by atoms with E-state index in [0.29, 0.717) is 12.6 Å². The molecule has 3 nitrogen and oxygen atoms in total. The molecule has 0 radical (unpaired) electrons. The second kappa shape index (κ2) is 4.81. The molecule has 0 amide bonds. The number of fused-ring (bicyclic) bond motifs is 1. The summed E-state index contributed by atoms with van der Waals surface area (Å²) in [6.07, 6.45) is 0. The Morgan fingerprint density at radius 1 is 1.17 bits per heavy atom. The van der Waals surface area contributed by atoms with Crippen LogP contribution in [0.25, 0.3) is 0 Å². The van der Waals surface area contributed by atoms with E-state index in [4.69, 9.17) is 5.73 Å². The molecule has 1 aromatic rings. The van der Waals surface area contributed by atoms with E-state index in [-0.39, 0.29) is 5.41 Å². The Morgan fingerprint density at radius 3 is 2.33 bits per heavy atom. The molecule has 1 aliphatic heterocycles. The lowest BCUT2D eigenvalue weighted by molar-refractivity contribution is 0.306. The van der Waals surface area contributed by atoms with Gasteiger partial charge in [0.15, 0.2) is 0 Å². The molecule has 0 spiro atoms. The second-order valence-electron chi connectivity index (χ2n) is 6.22. The molecular weight excluding hydrogens is 222 g/mol. The Balaban J connectivity index is 2.39. The summed E-state index contributed by atoms with van der Waals surface area (Å²) in [5.74, 6) is 0. The summed E-state index contributed by atoms with van der Waals surface area (Å²) in [7, 11) is 2.16. The van der Waals surface area contributed by atoms with Gasteiger partial charge in [-0.25, -0.2) is 0 Å². The minimum Gasteiger partial charge on any atom is -0.371 e. The molecule has 1 aromatic carbocycles. The first kappa shape index (κ1) is 13.2. The van der Waals surface area contributed by atoms with Gasteiger partial charge >= 0.3 is 0 Å². The van der Waals surface area contributed by atoms with Crippen molar-refractivity contribution in [1.29, 1.82) is 0 Å². The zero-order chi connectivity index (χ0) is 13.3. The maximum atomic E-state index is 6.03. The van der Waals surface area contributed by atoms with Crippen molar-refractivity contribution in [3.63, 3.8) is 0 Å². The smallest absolute Gasteiger partial charge is 0.0607 e. The van der Waals surface area contributed by atoms with Crippen LogP contribution in [0.5, 0.6) is 0 Å². The lowest BCUT2D eigenvalue weighted by atomic mass is 9.85. The van der Waals surface area contributed by atoms with Crippen LogP contribution in [0, 0.1) is 5.41 Å². The number of hydrogen-bond acceptors (Lipinski definition) is 3. The highest BCUT2D eigenvalue weighted by atomic mass is 15.3. The van der Waals surface area contributed by atoms with Crippen LogP contribution in [0.1, 0.15) is 20.8 Å². The summed E-state index contributed by atoms with van der Waals surface area (Å²) >= 11 is 0. The largest absolute Gasteiger partial charge is 0.371 e. The molecule has 100 valence electrons. The van der Waals surface area contributed by atoms with Crippen LogP contribution in [0.3, 0.4) is 0 Å². The van der Waals surface area contributed by atoms with Gasteiger partial charge in [0.1, 0.15) is 0 Å². The highest BCUT2D eigenvalue weighted by Gasteiger charge is 2.32. The van der Waals surface area contributed by atoms with Crippen molar-refractivity contribution in [3.8, 4) is 0 Å². The molecule has 0 saturated carbocycles. The van der Waals surface area contributed by atoms with Gasteiger partial charge in [-0.2, -0.15) is 0 Å². The van der Waals surface area contributed by atoms with Gasteiger partial charge in [-0.3, -0.25) is 0 Å². The second-order valence-corrected chi connectivity index (χ2v) is 6.22. The van der Waals surface area contributed by atoms with E-state index < -0.39 is 0 Å². The Kier molecular flexibility index (Phi) is 3.53. The molecule has 18 heavy (non-hydrogen) atoms. The van der Waals surface area contributed by atoms with Crippen LogP contribution in [-0.2, 0) is 0 Å². The van der Waals surface area contributed by atoms with E-state index in [1.807, 2.05) is 0 Å². The average Bonchev–Trinajstić information content (AvgIpc) is 2.32. The molecule has 0 aliphatic carbocycles. The summed E-state index contributed by atoms with van der Waals surface area (Å²) in [6, 6.07) is 9.00. The third-order valence-electron chi connectivity index (χ3n) is 3.88. The van der Waals surface area contributed by atoms with Crippen LogP contribution >= 0.6 is 0 Å². The molecule has 0 fully saturated rings. The van der Waals surface area contributed by atoms with Crippen LogP contribution in [0.4, 0.5) is 11.4 Å². The van der Waals surface area contributed by atoms with Gasteiger partial charge in [0.2, 0.25) is 0 Å². The summed E-state index contributed by atoms with van der Waals surface area (Å²) in [4.78, 5) is 4.80. The fourth-order valence-electron chi connectivity index (χ4n) is 2.80. The molecule has 1 heterocycles. The Labute approximate surface area is 111 Å². The molecule has 2 rings (SSSR count). The maximum Gasteiger partial charge on any atom is 0.0607 e. The minimum atomic E-state index is 0.192. The first-order chi connectivity index (χ1) is 8.45. The van der Waals surface area contributed by atoms with Crippen molar-refractivity contribution in [2.75, 3.05) is 36.5 Å². The fourth-order valence-corrected chi connectivity index (χ4v) is 2.80. The molecule has 2 N–H and O–H groups in total. The lowest BCUT2D eigenvalue weighted by Gasteiger charge is -2.46. The normalized spacial score (nSPS) is 17.6. The molecule has 0 saturated heterocycles. The first-order valence-electron chi connectivity index (χ1n) is 6.72. The highest BCUT2D eigenvalue weighted by Crippen LogP contribution is 2.36. The van der Waals surface area contributed by atoms with E-state index in [2.05, 4.69) is 61.9 Å². The van der Waals surface area contributed by atoms with E-state index in [9.17, 15) is 0 Å². The number of nitrogens with two attached hydrogens (primary N) is 1. The quantitative estimate of drug-likeness (QED) is 0.870. The molecule has 0 aromatic heterocycles. The molecule has 0 bridgehead atoms.